The van der Waals surface area contributed by atoms with Crippen molar-refractivity contribution in [2.45, 2.75) is 26.3 Å². The highest BCUT2D eigenvalue weighted by atomic mass is 16.5. The average Bonchev–Trinajstić information content (AvgIpc) is 3.12. The van der Waals surface area contributed by atoms with Crippen molar-refractivity contribution in [2.75, 3.05) is 7.11 Å². The summed E-state index contributed by atoms with van der Waals surface area (Å²) in [6, 6.07) is 20.3. The number of hydrogen-bond donors (Lipinski definition) is 0. The van der Waals surface area contributed by atoms with E-state index in [1.54, 1.807) is 0 Å². The summed E-state index contributed by atoms with van der Waals surface area (Å²) in [4.78, 5) is 17.5. The van der Waals surface area contributed by atoms with Gasteiger partial charge in [0.2, 0.25) is 0 Å². The van der Waals surface area contributed by atoms with Gasteiger partial charge in [0.1, 0.15) is 0 Å². The second-order valence-electron chi connectivity index (χ2n) is 7.03. The van der Waals surface area contributed by atoms with Gasteiger partial charge in [0.15, 0.2) is 0 Å². The molecule has 0 N–H and O–H groups in total. The van der Waals surface area contributed by atoms with Crippen LogP contribution >= 0.6 is 0 Å². The van der Waals surface area contributed by atoms with Gasteiger partial charge in [-0.25, -0.2) is 0 Å². The molecule has 0 radical (unpaired) electrons. The number of carbonyl (C=O) groups is 1. The molecule has 0 fully saturated rings. The summed E-state index contributed by atoms with van der Waals surface area (Å²) < 4.78 is 5.08. The van der Waals surface area contributed by atoms with Crippen LogP contribution in [0.2, 0.25) is 0 Å². The standard InChI is InChI=1S/C23H25NO2/c1-17(2)23(22(25)26-3)15-14-20(16-23)24-21(18-10-6-4-7-11-18)19-12-8-5-9-13-19/h4-15,17,20H,16H2,1-3H3/t20-,23+/m1/s1. The van der Waals surface area contributed by atoms with E-state index in [-0.39, 0.29) is 17.9 Å². The molecule has 0 aromatic heterocycles. The first-order valence-corrected chi connectivity index (χ1v) is 9.03. The largest absolute Gasteiger partial charge is 0.468 e. The van der Waals surface area contributed by atoms with E-state index in [0.29, 0.717) is 6.42 Å². The highest BCUT2D eigenvalue weighted by molar-refractivity contribution is 6.13. The molecule has 0 amide bonds. The van der Waals surface area contributed by atoms with Gasteiger partial charge in [-0.15, -0.1) is 0 Å². The zero-order valence-electron chi connectivity index (χ0n) is 15.6. The van der Waals surface area contributed by atoms with Crippen LogP contribution in [0.3, 0.4) is 0 Å². The van der Waals surface area contributed by atoms with Crippen LogP contribution in [0.15, 0.2) is 77.8 Å². The summed E-state index contributed by atoms with van der Waals surface area (Å²) >= 11 is 0. The summed E-state index contributed by atoms with van der Waals surface area (Å²) in [6.45, 7) is 4.12. The number of rotatable bonds is 5. The van der Waals surface area contributed by atoms with Crippen LogP contribution < -0.4 is 0 Å². The van der Waals surface area contributed by atoms with Gasteiger partial charge >= 0.3 is 5.97 Å². The molecule has 2 atom stereocenters. The fraction of sp³-hybridized carbons (Fsp3) is 0.304. The first-order chi connectivity index (χ1) is 12.6. The molecule has 3 rings (SSSR count). The maximum Gasteiger partial charge on any atom is 0.316 e. The van der Waals surface area contributed by atoms with Crippen molar-refractivity contribution in [1.29, 1.82) is 0 Å². The molecule has 3 heteroatoms. The van der Waals surface area contributed by atoms with E-state index in [1.165, 1.54) is 7.11 Å². The molecular formula is C23H25NO2. The lowest BCUT2D eigenvalue weighted by Crippen LogP contribution is -2.35. The zero-order valence-corrected chi connectivity index (χ0v) is 15.6. The third-order valence-electron chi connectivity index (χ3n) is 5.15. The Kier molecular flexibility index (Phi) is 5.36. The first-order valence-electron chi connectivity index (χ1n) is 9.03. The molecule has 1 aliphatic rings. The Morgan fingerprint density at radius 3 is 2.04 bits per heavy atom. The summed E-state index contributed by atoms with van der Waals surface area (Å²) in [5, 5.41) is 0. The topological polar surface area (TPSA) is 38.7 Å². The minimum Gasteiger partial charge on any atom is -0.468 e. The summed E-state index contributed by atoms with van der Waals surface area (Å²) in [6.07, 6.45) is 4.68. The minimum atomic E-state index is -0.596. The third-order valence-corrected chi connectivity index (χ3v) is 5.15. The van der Waals surface area contributed by atoms with Crippen molar-refractivity contribution >= 4 is 11.7 Å². The maximum atomic E-state index is 12.4. The Hall–Kier alpha value is -2.68. The normalized spacial score (nSPS) is 21.6. The van der Waals surface area contributed by atoms with Crippen molar-refractivity contribution in [3.8, 4) is 0 Å². The molecule has 134 valence electrons. The van der Waals surface area contributed by atoms with Crippen molar-refractivity contribution in [3.05, 3.63) is 83.9 Å². The van der Waals surface area contributed by atoms with Gasteiger partial charge in [0.05, 0.1) is 24.3 Å². The number of aliphatic imine (C=N–C) groups is 1. The van der Waals surface area contributed by atoms with E-state index >= 15 is 0 Å². The second-order valence-corrected chi connectivity index (χ2v) is 7.03. The molecule has 3 nitrogen and oxygen atoms in total. The van der Waals surface area contributed by atoms with Gasteiger partial charge in [-0.3, -0.25) is 9.79 Å². The number of benzene rings is 2. The predicted octanol–water partition coefficient (Wildman–Crippen LogP) is 4.67. The van der Waals surface area contributed by atoms with Gasteiger partial charge in [0.25, 0.3) is 0 Å². The maximum absolute atomic E-state index is 12.4. The molecule has 0 spiro atoms. The van der Waals surface area contributed by atoms with Gasteiger partial charge in [-0.05, 0) is 12.3 Å². The van der Waals surface area contributed by atoms with E-state index in [0.717, 1.165) is 16.8 Å². The van der Waals surface area contributed by atoms with Crippen LogP contribution in [-0.4, -0.2) is 24.8 Å². The van der Waals surface area contributed by atoms with Crippen LogP contribution in [0.1, 0.15) is 31.4 Å². The fourth-order valence-electron chi connectivity index (χ4n) is 3.53. The molecule has 2 aromatic carbocycles. The average molecular weight is 347 g/mol. The quantitative estimate of drug-likeness (QED) is 0.448. The molecule has 1 aliphatic carbocycles. The fourth-order valence-corrected chi connectivity index (χ4v) is 3.53. The Bertz CT molecular complexity index is 767. The van der Waals surface area contributed by atoms with Crippen LogP contribution in [0.4, 0.5) is 0 Å². The molecule has 0 saturated heterocycles. The molecule has 2 aromatic rings. The lowest BCUT2D eigenvalue weighted by atomic mass is 9.76. The van der Waals surface area contributed by atoms with Crippen molar-refractivity contribution in [2.24, 2.45) is 16.3 Å². The smallest absolute Gasteiger partial charge is 0.316 e. The van der Waals surface area contributed by atoms with E-state index in [2.05, 4.69) is 38.1 Å². The molecule has 0 heterocycles. The second kappa shape index (κ2) is 7.69. The number of hydrogen-bond acceptors (Lipinski definition) is 3. The lowest BCUT2D eigenvalue weighted by molar-refractivity contribution is -0.152. The number of methoxy groups -OCH3 is 1. The third kappa shape index (κ3) is 3.48. The monoisotopic (exact) mass is 347 g/mol. The molecule has 0 unspecified atom stereocenters. The van der Waals surface area contributed by atoms with Crippen LogP contribution in [0, 0.1) is 11.3 Å². The minimum absolute atomic E-state index is 0.0492. The molecular weight excluding hydrogens is 322 g/mol. The Balaban J connectivity index is 1.98. The Morgan fingerprint density at radius 1 is 1.04 bits per heavy atom. The molecule has 0 aliphatic heterocycles. The Labute approximate surface area is 155 Å². The number of carbonyl (C=O) groups excluding carboxylic acids is 1. The van der Waals surface area contributed by atoms with Gasteiger partial charge in [0, 0.05) is 11.1 Å². The van der Waals surface area contributed by atoms with Crippen LogP contribution in [0.5, 0.6) is 0 Å². The summed E-state index contributed by atoms with van der Waals surface area (Å²) in [7, 11) is 1.45. The molecule has 26 heavy (non-hydrogen) atoms. The van der Waals surface area contributed by atoms with Gasteiger partial charge < -0.3 is 4.74 Å². The van der Waals surface area contributed by atoms with Gasteiger partial charge in [-0.1, -0.05) is 86.7 Å². The van der Waals surface area contributed by atoms with Crippen LogP contribution in [0.25, 0.3) is 0 Å². The lowest BCUT2D eigenvalue weighted by Gasteiger charge is -2.29. The SMILES string of the molecule is COC(=O)[C@@]1(C(C)C)C=C[C@@H](N=C(c2ccccc2)c2ccccc2)C1. The van der Waals surface area contributed by atoms with Crippen molar-refractivity contribution in [3.63, 3.8) is 0 Å². The van der Waals surface area contributed by atoms with E-state index in [4.69, 9.17) is 9.73 Å². The number of ether oxygens (including phenoxy) is 1. The summed E-state index contributed by atoms with van der Waals surface area (Å²) in [5.41, 5.74) is 2.51. The first kappa shape index (κ1) is 18.1. The van der Waals surface area contributed by atoms with E-state index in [1.807, 2.05) is 48.6 Å². The summed E-state index contributed by atoms with van der Waals surface area (Å²) in [5.74, 6) is -0.0225. The van der Waals surface area contributed by atoms with Crippen LogP contribution in [-0.2, 0) is 9.53 Å². The van der Waals surface area contributed by atoms with Gasteiger partial charge in [-0.2, -0.15) is 0 Å². The molecule has 0 bridgehead atoms. The Morgan fingerprint density at radius 2 is 1.58 bits per heavy atom. The predicted molar refractivity (Wildman–Crippen MR) is 105 cm³/mol. The number of esters is 1. The highest BCUT2D eigenvalue weighted by Gasteiger charge is 2.45. The van der Waals surface area contributed by atoms with E-state index in [9.17, 15) is 4.79 Å². The number of nitrogens with zero attached hydrogens (tertiary/aromatic N) is 1. The highest BCUT2D eigenvalue weighted by Crippen LogP contribution is 2.41. The van der Waals surface area contributed by atoms with E-state index < -0.39 is 5.41 Å². The molecule has 0 saturated carbocycles. The van der Waals surface area contributed by atoms with Crippen molar-refractivity contribution in [1.82, 2.24) is 0 Å². The zero-order chi connectivity index (χ0) is 18.6. The van der Waals surface area contributed by atoms with Crippen molar-refractivity contribution < 1.29 is 9.53 Å².